The second kappa shape index (κ2) is 13.8. The molecule has 6 aliphatic carbocycles. The van der Waals surface area contributed by atoms with Gasteiger partial charge in [-0.3, -0.25) is 15.0 Å². The molecular formula is C45H68F4N2O3S. The lowest BCUT2D eigenvalue weighted by molar-refractivity contribution is -0.225. The molecule has 0 aromatic rings. The molecule has 7 aliphatic rings. The Morgan fingerprint density at radius 3 is 2.18 bits per heavy atom. The molecule has 0 amide bonds. The molecule has 5 nitrogen and oxygen atoms in total. The molecule has 0 radical (unpaired) electrons. The molecule has 0 spiro atoms. The topological polar surface area (TPSA) is 66.5 Å². The smallest absolute Gasteiger partial charge is 0.299 e. The fraction of sp³-hybridized carbons (Fsp3) is 0.844. The minimum Gasteiger partial charge on any atom is -0.299 e. The summed E-state index contributed by atoms with van der Waals surface area (Å²) in [5.74, 6) is 1.24. The molecule has 0 aromatic heterocycles. The van der Waals surface area contributed by atoms with E-state index >= 15 is 13.2 Å². The van der Waals surface area contributed by atoms with Gasteiger partial charge in [-0.05, 0) is 153 Å². The Balaban J connectivity index is 1.17. The Bertz CT molecular complexity index is 1720. The highest BCUT2D eigenvalue weighted by Gasteiger charge is 2.71. The number of sulfone groups is 1. The normalized spacial score (nSPS) is 44.5. The van der Waals surface area contributed by atoms with Gasteiger partial charge in [-0.25, -0.2) is 12.8 Å². The quantitative estimate of drug-likeness (QED) is 0.196. The zero-order valence-corrected chi connectivity index (χ0v) is 35.5. The average molecular weight is 793 g/mol. The van der Waals surface area contributed by atoms with Crippen LogP contribution in [-0.2, 0) is 14.6 Å². The number of carbonyl (C=O) groups excluding carboxylic acids is 1. The molecular weight excluding hydrogens is 725 g/mol. The van der Waals surface area contributed by atoms with Gasteiger partial charge in [-0.15, -0.1) is 0 Å². The van der Waals surface area contributed by atoms with Gasteiger partial charge in [-0.1, -0.05) is 58.9 Å². The van der Waals surface area contributed by atoms with Crippen LogP contribution < -0.4 is 5.32 Å². The van der Waals surface area contributed by atoms with Crippen LogP contribution in [0.4, 0.5) is 17.6 Å². The summed E-state index contributed by atoms with van der Waals surface area (Å²) >= 11 is 0. The molecule has 10 heteroatoms. The van der Waals surface area contributed by atoms with E-state index in [0.717, 1.165) is 56.9 Å². The lowest BCUT2D eigenvalue weighted by atomic mass is 9.33. The van der Waals surface area contributed by atoms with E-state index in [-0.39, 0.29) is 76.3 Å². The third-order valence-corrected chi connectivity index (χ3v) is 19.9. The maximum absolute atomic E-state index is 15.0. The van der Waals surface area contributed by atoms with Crippen LogP contribution >= 0.6 is 0 Å². The van der Waals surface area contributed by atoms with Gasteiger partial charge in [0, 0.05) is 25.2 Å². The van der Waals surface area contributed by atoms with Crippen molar-refractivity contribution in [2.45, 2.75) is 143 Å². The van der Waals surface area contributed by atoms with Gasteiger partial charge in [0.05, 0.1) is 16.9 Å². The molecule has 7 rings (SSSR count). The lowest BCUT2D eigenvalue weighted by Gasteiger charge is -2.72. The number of alkyl halides is 4. The Hall–Kier alpha value is -1.52. The van der Waals surface area contributed by atoms with Gasteiger partial charge in [0.1, 0.15) is 18.5 Å². The number of halogens is 4. The molecule has 55 heavy (non-hydrogen) atoms. The lowest BCUT2D eigenvalue weighted by Crippen LogP contribution is -2.70. The molecule has 11 atom stereocenters. The molecule has 4 saturated carbocycles. The maximum Gasteiger partial charge on any atom is 0.405 e. The fourth-order valence-electron chi connectivity index (χ4n) is 15.0. The number of nitrogens with one attached hydrogen (secondary N) is 1. The van der Waals surface area contributed by atoms with E-state index in [1.54, 1.807) is 4.90 Å². The third-order valence-electron chi connectivity index (χ3n) is 18.3. The first kappa shape index (κ1) is 41.6. The Morgan fingerprint density at radius 2 is 1.60 bits per heavy atom. The highest BCUT2D eigenvalue weighted by Crippen LogP contribution is 2.76. The minimum absolute atomic E-state index is 0.0326. The molecule has 0 bridgehead atoms. The van der Waals surface area contributed by atoms with Crippen LogP contribution in [0.1, 0.15) is 126 Å². The van der Waals surface area contributed by atoms with Crippen molar-refractivity contribution in [3.63, 3.8) is 0 Å². The summed E-state index contributed by atoms with van der Waals surface area (Å²) < 4.78 is 83.4. The van der Waals surface area contributed by atoms with Crippen molar-refractivity contribution in [2.75, 3.05) is 37.8 Å². The number of fused-ring (bicyclic) bond motifs is 7. The number of hydrogen-bond acceptors (Lipinski definition) is 5. The van der Waals surface area contributed by atoms with Crippen LogP contribution in [0.25, 0.3) is 0 Å². The van der Waals surface area contributed by atoms with Gasteiger partial charge in [0.15, 0.2) is 9.84 Å². The molecule has 1 saturated heterocycles. The first-order chi connectivity index (χ1) is 25.5. The van der Waals surface area contributed by atoms with Crippen molar-refractivity contribution in [2.24, 2.45) is 56.7 Å². The summed E-state index contributed by atoms with van der Waals surface area (Å²) in [5.41, 5.74) is 2.26. The summed E-state index contributed by atoms with van der Waals surface area (Å²) in [6.07, 6.45) is 10.4. The van der Waals surface area contributed by atoms with Crippen molar-refractivity contribution < 1.29 is 30.8 Å². The Labute approximate surface area is 328 Å². The summed E-state index contributed by atoms with van der Waals surface area (Å²) in [5, 5.41) is 3.36. The predicted octanol–water partition coefficient (Wildman–Crippen LogP) is 9.84. The predicted molar refractivity (Wildman–Crippen MR) is 212 cm³/mol. The van der Waals surface area contributed by atoms with Gasteiger partial charge in [-0.2, -0.15) is 13.2 Å². The second-order valence-corrected chi connectivity index (χ2v) is 23.3. The maximum atomic E-state index is 15.0. The minimum atomic E-state index is -4.45. The number of carbonyl (C=O) groups is 1. The van der Waals surface area contributed by atoms with Gasteiger partial charge >= 0.3 is 6.18 Å². The molecule has 0 aromatic carbocycles. The SMILES string of the molecule is C=C(C)[C@@H]1CC[C@]2(NC(CN3CCS(=O)(=O)CC3)C(F)(F)F)CC[C@]3(C)[C@H](CC[C@@H]4[C@@]5(C)CC=C(C6=CC[C@](CF)(C(C)=O)CC6)C(C)(C)[C@@H]5CC[C@]43C)[C@@H]12. The Morgan fingerprint density at radius 1 is 0.909 bits per heavy atom. The monoisotopic (exact) mass is 792 g/mol. The first-order valence-electron chi connectivity index (χ1n) is 21.4. The molecule has 5 fully saturated rings. The fourth-order valence-corrected chi connectivity index (χ4v) is 16.3. The van der Waals surface area contributed by atoms with Gasteiger partial charge in [0.25, 0.3) is 0 Å². The van der Waals surface area contributed by atoms with Crippen LogP contribution in [0, 0.1) is 56.7 Å². The molecule has 310 valence electrons. The van der Waals surface area contributed by atoms with Crippen molar-refractivity contribution in [1.29, 1.82) is 0 Å². The number of nitrogens with zero attached hydrogens (tertiary/aromatic N) is 1. The Kier molecular flexibility index (Phi) is 10.4. The summed E-state index contributed by atoms with van der Waals surface area (Å²) in [6, 6.07) is -1.72. The van der Waals surface area contributed by atoms with Crippen molar-refractivity contribution in [1.82, 2.24) is 10.2 Å². The van der Waals surface area contributed by atoms with Crippen LogP contribution in [0.2, 0.25) is 0 Å². The van der Waals surface area contributed by atoms with E-state index in [2.05, 4.69) is 65.6 Å². The van der Waals surface area contributed by atoms with E-state index in [9.17, 15) is 17.6 Å². The van der Waals surface area contributed by atoms with Crippen molar-refractivity contribution >= 4 is 15.6 Å². The van der Waals surface area contributed by atoms with E-state index < -0.39 is 39.7 Å². The molecule has 1 aliphatic heterocycles. The highest BCUT2D eigenvalue weighted by atomic mass is 32.2. The van der Waals surface area contributed by atoms with E-state index in [4.69, 9.17) is 0 Å². The van der Waals surface area contributed by atoms with E-state index in [1.165, 1.54) is 18.1 Å². The number of ketones is 1. The second-order valence-electron chi connectivity index (χ2n) is 21.0. The van der Waals surface area contributed by atoms with Crippen LogP contribution in [-0.4, -0.2) is 74.7 Å². The van der Waals surface area contributed by atoms with E-state index in [1.807, 2.05) is 0 Å². The summed E-state index contributed by atoms with van der Waals surface area (Å²) in [6.45, 7) is 19.9. The first-order valence-corrected chi connectivity index (χ1v) is 23.2. The van der Waals surface area contributed by atoms with Crippen LogP contribution in [0.3, 0.4) is 0 Å². The van der Waals surface area contributed by atoms with Crippen LogP contribution in [0.15, 0.2) is 35.5 Å². The number of Topliss-reactive ketones (excluding diaryl/α,β-unsaturated/α-hetero) is 1. The molecule has 1 N–H and O–H groups in total. The number of rotatable bonds is 8. The molecule has 1 unspecified atom stereocenters. The molecule has 1 heterocycles. The van der Waals surface area contributed by atoms with Crippen molar-refractivity contribution in [3.8, 4) is 0 Å². The van der Waals surface area contributed by atoms with E-state index in [0.29, 0.717) is 37.5 Å². The average Bonchev–Trinajstić information content (AvgIpc) is 3.48. The zero-order chi connectivity index (χ0) is 40.2. The number of allylic oxidation sites excluding steroid dienone is 5. The number of hydrogen-bond donors (Lipinski definition) is 1. The zero-order valence-electron chi connectivity index (χ0n) is 34.6. The van der Waals surface area contributed by atoms with Gasteiger partial charge in [0.2, 0.25) is 0 Å². The van der Waals surface area contributed by atoms with Gasteiger partial charge < -0.3 is 0 Å². The standard InChI is InChI=1S/C45H68F4N2O3S/c1-29(2)32-13-20-44(50-37(45(47,48)49)27-51-23-25-55(53,54)26-24-51)22-21-41(7)34(38(32)44)9-10-36-40(6)16-14-33(39(4,5)35(40)15-17-42(36,41)8)31-11-18-43(28-46,19-12-31)30(3)52/h11,14,32,34-38,50H,1,9-10,12-13,15-28H2,2-8H3/t32-,34+,35-,36+,37?,38+,40-,41+,42+,43-,44-/m0/s1. The van der Waals surface area contributed by atoms with Crippen molar-refractivity contribution in [3.05, 3.63) is 35.5 Å². The summed E-state index contributed by atoms with van der Waals surface area (Å²) in [7, 11) is -3.20. The highest BCUT2D eigenvalue weighted by molar-refractivity contribution is 7.91. The summed E-state index contributed by atoms with van der Waals surface area (Å²) in [4.78, 5) is 14.1. The largest absolute Gasteiger partial charge is 0.405 e. The van der Waals surface area contributed by atoms with Crippen LogP contribution in [0.5, 0.6) is 0 Å². The third kappa shape index (κ3) is 6.50.